The molecular weight excluding hydrogens is 152 g/mol. The Balaban J connectivity index is 2.82. The second kappa shape index (κ2) is 2.31. The van der Waals surface area contributed by atoms with Crippen LogP contribution in [0.25, 0.3) is 5.65 Å². The van der Waals surface area contributed by atoms with Crippen molar-refractivity contribution >= 4 is 5.65 Å². The fourth-order valence-electron chi connectivity index (χ4n) is 1.06. The highest BCUT2D eigenvalue weighted by Crippen LogP contribution is 2.03. The molecule has 0 unspecified atom stereocenters. The Morgan fingerprint density at radius 1 is 1.42 bits per heavy atom. The van der Waals surface area contributed by atoms with Crippen LogP contribution in [-0.4, -0.2) is 14.4 Å². The first kappa shape index (κ1) is 6.80. The SMILES string of the molecule is Cc1ncc2ncc(C#N)cn12. The third-order valence-electron chi connectivity index (χ3n) is 1.70. The zero-order valence-electron chi connectivity index (χ0n) is 6.52. The average Bonchev–Trinajstić information content (AvgIpc) is 2.47. The van der Waals surface area contributed by atoms with Crippen LogP contribution in [0.1, 0.15) is 11.4 Å². The molecule has 2 aromatic heterocycles. The maximum absolute atomic E-state index is 8.60. The fourth-order valence-corrected chi connectivity index (χ4v) is 1.06. The fraction of sp³-hybridized carbons (Fsp3) is 0.125. The van der Waals surface area contributed by atoms with Gasteiger partial charge in [-0.25, -0.2) is 9.97 Å². The molecule has 0 saturated carbocycles. The quantitative estimate of drug-likeness (QED) is 0.572. The Kier molecular flexibility index (Phi) is 1.31. The van der Waals surface area contributed by atoms with Crippen molar-refractivity contribution in [2.24, 2.45) is 0 Å². The molecule has 2 heterocycles. The van der Waals surface area contributed by atoms with E-state index in [-0.39, 0.29) is 0 Å². The maximum Gasteiger partial charge on any atom is 0.156 e. The van der Waals surface area contributed by atoms with E-state index in [2.05, 4.69) is 9.97 Å². The summed E-state index contributed by atoms with van der Waals surface area (Å²) in [5.74, 6) is 0.842. The number of nitrogens with zero attached hydrogens (tertiary/aromatic N) is 4. The van der Waals surface area contributed by atoms with Gasteiger partial charge in [0, 0.05) is 12.4 Å². The number of hydrogen-bond acceptors (Lipinski definition) is 3. The van der Waals surface area contributed by atoms with E-state index in [1.807, 2.05) is 13.0 Å². The molecule has 4 nitrogen and oxygen atoms in total. The summed E-state index contributed by atoms with van der Waals surface area (Å²) in [5.41, 5.74) is 1.31. The van der Waals surface area contributed by atoms with Gasteiger partial charge in [0.15, 0.2) is 5.65 Å². The molecule has 2 rings (SSSR count). The molecule has 0 atom stereocenters. The standard InChI is InChI=1S/C8H6N4/c1-6-10-4-8-11-3-7(2-9)5-12(6)8/h3-5H,1H3. The second-order valence-corrected chi connectivity index (χ2v) is 2.49. The molecule has 12 heavy (non-hydrogen) atoms. The number of imidazole rings is 1. The molecule has 0 amide bonds. The average molecular weight is 158 g/mol. The number of rotatable bonds is 0. The number of fused-ring (bicyclic) bond motifs is 1. The molecule has 0 bridgehead atoms. The number of aryl methyl sites for hydroxylation is 1. The van der Waals surface area contributed by atoms with Crippen LogP contribution < -0.4 is 0 Å². The first-order valence-corrected chi connectivity index (χ1v) is 3.51. The van der Waals surface area contributed by atoms with Crippen molar-refractivity contribution in [1.82, 2.24) is 14.4 Å². The van der Waals surface area contributed by atoms with Crippen molar-refractivity contribution in [3.05, 3.63) is 30.0 Å². The third kappa shape index (κ3) is 0.839. The number of nitriles is 1. The minimum atomic E-state index is 0.545. The zero-order valence-corrected chi connectivity index (χ0v) is 6.52. The van der Waals surface area contributed by atoms with E-state index in [0.717, 1.165) is 11.5 Å². The van der Waals surface area contributed by atoms with Crippen LogP contribution in [0.2, 0.25) is 0 Å². The van der Waals surface area contributed by atoms with Crippen LogP contribution in [-0.2, 0) is 0 Å². The van der Waals surface area contributed by atoms with Gasteiger partial charge in [-0.15, -0.1) is 0 Å². The molecule has 0 aliphatic rings. The van der Waals surface area contributed by atoms with Crippen molar-refractivity contribution < 1.29 is 0 Å². The minimum Gasteiger partial charge on any atom is -0.287 e. The van der Waals surface area contributed by atoms with Gasteiger partial charge in [0.2, 0.25) is 0 Å². The first-order chi connectivity index (χ1) is 5.81. The Labute approximate surface area is 69.1 Å². The normalized spacial score (nSPS) is 10.0. The lowest BCUT2D eigenvalue weighted by molar-refractivity contribution is 1.02. The van der Waals surface area contributed by atoms with E-state index >= 15 is 0 Å². The van der Waals surface area contributed by atoms with E-state index < -0.39 is 0 Å². The van der Waals surface area contributed by atoms with Crippen LogP contribution in [0, 0.1) is 18.3 Å². The lowest BCUT2D eigenvalue weighted by Gasteiger charge is -1.94. The molecule has 0 aromatic carbocycles. The van der Waals surface area contributed by atoms with Crippen molar-refractivity contribution in [1.29, 1.82) is 5.26 Å². The molecule has 0 radical (unpaired) electrons. The lowest BCUT2D eigenvalue weighted by Crippen LogP contribution is -1.91. The van der Waals surface area contributed by atoms with Crippen molar-refractivity contribution in [3.8, 4) is 6.07 Å². The van der Waals surface area contributed by atoms with Crippen LogP contribution in [0.3, 0.4) is 0 Å². The van der Waals surface area contributed by atoms with Gasteiger partial charge in [-0.1, -0.05) is 0 Å². The largest absolute Gasteiger partial charge is 0.287 e. The summed E-state index contributed by atoms with van der Waals surface area (Å²) in [6, 6.07) is 2.02. The highest BCUT2D eigenvalue weighted by atomic mass is 15.1. The summed E-state index contributed by atoms with van der Waals surface area (Å²) in [6.07, 6.45) is 4.94. The Bertz CT molecular complexity index is 463. The highest BCUT2D eigenvalue weighted by Gasteiger charge is 1.99. The molecule has 2 aromatic rings. The molecule has 0 aliphatic heterocycles. The molecule has 0 N–H and O–H groups in total. The van der Waals surface area contributed by atoms with Crippen LogP contribution >= 0.6 is 0 Å². The van der Waals surface area contributed by atoms with Crippen molar-refractivity contribution in [2.45, 2.75) is 6.92 Å². The topological polar surface area (TPSA) is 54.0 Å². The summed E-state index contributed by atoms with van der Waals surface area (Å²) < 4.78 is 1.79. The molecule has 0 aliphatic carbocycles. The first-order valence-electron chi connectivity index (χ1n) is 3.51. The Hall–Kier alpha value is -1.89. The molecule has 0 fully saturated rings. The van der Waals surface area contributed by atoms with Gasteiger partial charge in [-0.2, -0.15) is 5.26 Å². The summed E-state index contributed by atoms with van der Waals surface area (Å²) in [5, 5.41) is 8.60. The monoisotopic (exact) mass is 158 g/mol. The predicted molar refractivity (Wildman–Crippen MR) is 42.4 cm³/mol. The molecule has 4 heteroatoms. The molecule has 0 saturated heterocycles. The summed E-state index contributed by atoms with van der Waals surface area (Å²) in [6.45, 7) is 1.87. The predicted octanol–water partition coefficient (Wildman–Crippen LogP) is 0.909. The van der Waals surface area contributed by atoms with E-state index in [4.69, 9.17) is 5.26 Å². The van der Waals surface area contributed by atoms with E-state index in [0.29, 0.717) is 5.56 Å². The number of hydrogen-bond donors (Lipinski definition) is 0. The smallest absolute Gasteiger partial charge is 0.156 e. The van der Waals surface area contributed by atoms with Gasteiger partial charge in [-0.05, 0) is 6.92 Å². The Morgan fingerprint density at radius 2 is 2.25 bits per heavy atom. The van der Waals surface area contributed by atoms with E-state index in [1.165, 1.54) is 6.20 Å². The Morgan fingerprint density at radius 3 is 3.00 bits per heavy atom. The number of aromatic nitrogens is 3. The van der Waals surface area contributed by atoms with Gasteiger partial charge in [0.1, 0.15) is 11.9 Å². The summed E-state index contributed by atoms with van der Waals surface area (Å²) in [4.78, 5) is 8.11. The minimum absolute atomic E-state index is 0.545. The van der Waals surface area contributed by atoms with Gasteiger partial charge in [0.25, 0.3) is 0 Å². The molecule has 0 spiro atoms. The van der Waals surface area contributed by atoms with Crippen LogP contribution in [0.5, 0.6) is 0 Å². The van der Waals surface area contributed by atoms with Gasteiger partial charge < -0.3 is 0 Å². The van der Waals surface area contributed by atoms with E-state index in [9.17, 15) is 0 Å². The van der Waals surface area contributed by atoms with E-state index in [1.54, 1.807) is 16.8 Å². The maximum atomic E-state index is 8.60. The van der Waals surface area contributed by atoms with Crippen LogP contribution in [0.4, 0.5) is 0 Å². The van der Waals surface area contributed by atoms with Crippen molar-refractivity contribution in [2.75, 3.05) is 0 Å². The van der Waals surface area contributed by atoms with Gasteiger partial charge in [0.05, 0.1) is 11.8 Å². The van der Waals surface area contributed by atoms with Gasteiger partial charge >= 0.3 is 0 Å². The second-order valence-electron chi connectivity index (χ2n) is 2.49. The third-order valence-corrected chi connectivity index (χ3v) is 1.70. The molecular formula is C8H6N4. The molecule has 58 valence electrons. The highest BCUT2D eigenvalue weighted by molar-refractivity contribution is 5.39. The van der Waals surface area contributed by atoms with Crippen LogP contribution in [0.15, 0.2) is 18.6 Å². The van der Waals surface area contributed by atoms with Crippen molar-refractivity contribution in [3.63, 3.8) is 0 Å². The van der Waals surface area contributed by atoms with Gasteiger partial charge in [-0.3, -0.25) is 4.40 Å². The summed E-state index contributed by atoms with van der Waals surface area (Å²) in [7, 11) is 0. The summed E-state index contributed by atoms with van der Waals surface area (Å²) >= 11 is 0. The lowest BCUT2D eigenvalue weighted by atomic mass is 10.4. The zero-order chi connectivity index (χ0) is 8.55.